The molecule has 2 atom stereocenters. The molecule has 0 aliphatic carbocycles. The highest BCUT2D eigenvalue weighted by Crippen LogP contribution is 2.25. The molecule has 1 aliphatic rings. The van der Waals surface area contributed by atoms with Gasteiger partial charge in [0.15, 0.2) is 0 Å². The maximum Gasteiger partial charge on any atom is 0.254 e. The summed E-state index contributed by atoms with van der Waals surface area (Å²) in [5, 5.41) is 12.1. The number of nitrogens with zero attached hydrogens (tertiary/aromatic N) is 1. The van der Waals surface area contributed by atoms with Gasteiger partial charge in [-0.15, -0.1) is 0 Å². The molecule has 1 aromatic carbocycles. The molecule has 1 aromatic rings. The first-order valence-corrected chi connectivity index (χ1v) is 7.14. The van der Waals surface area contributed by atoms with Crippen LogP contribution in [-0.4, -0.2) is 41.7 Å². The third-order valence-electron chi connectivity index (χ3n) is 3.84. The minimum atomic E-state index is -0.772. The molecular weight excluding hydrogens is 278 g/mol. The number of aliphatic hydroxyl groups is 1. The summed E-state index contributed by atoms with van der Waals surface area (Å²) in [5.74, 6) is -1.93. The second-order valence-corrected chi connectivity index (χ2v) is 5.39. The SMILES string of the molecule is CCNc1c(F)cc(C(=O)N2CCC(C(C)O)C2)cc1F. The van der Waals surface area contributed by atoms with E-state index in [1.165, 1.54) is 4.90 Å². The average Bonchev–Trinajstić information content (AvgIpc) is 2.91. The van der Waals surface area contributed by atoms with Crippen LogP contribution in [0.5, 0.6) is 0 Å². The van der Waals surface area contributed by atoms with Gasteiger partial charge in [0.1, 0.15) is 17.3 Å². The van der Waals surface area contributed by atoms with E-state index in [0.717, 1.165) is 12.1 Å². The van der Waals surface area contributed by atoms with Crippen molar-refractivity contribution >= 4 is 11.6 Å². The lowest BCUT2D eigenvalue weighted by atomic mass is 10.0. The monoisotopic (exact) mass is 298 g/mol. The van der Waals surface area contributed by atoms with Crippen LogP contribution in [0, 0.1) is 17.6 Å². The molecule has 116 valence electrons. The molecule has 1 heterocycles. The molecule has 0 aromatic heterocycles. The zero-order valence-corrected chi connectivity index (χ0v) is 12.2. The van der Waals surface area contributed by atoms with Gasteiger partial charge in [0, 0.05) is 31.1 Å². The fourth-order valence-electron chi connectivity index (χ4n) is 2.59. The third-order valence-corrected chi connectivity index (χ3v) is 3.84. The lowest BCUT2D eigenvalue weighted by Gasteiger charge is -2.18. The average molecular weight is 298 g/mol. The number of likely N-dealkylation sites (tertiary alicyclic amines) is 1. The van der Waals surface area contributed by atoms with Crippen molar-refractivity contribution in [3.05, 3.63) is 29.3 Å². The Balaban J connectivity index is 2.17. The first kappa shape index (κ1) is 15.7. The van der Waals surface area contributed by atoms with Crippen molar-refractivity contribution in [2.24, 2.45) is 5.92 Å². The van der Waals surface area contributed by atoms with Gasteiger partial charge in [0.05, 0.1) is 6.10 Å². The van der Waals surface area contributed by atoms with Crippen molar-refractivity contribution in [1.29, 1.82) is 0 Å². The Hall–Kier alpha value is -1.69. The summed E-state index contributed by atoms with van der Waals surface area (Å²) < 4.78 is 27.7. The van der Waals surface area contributed by atoms with Crippen molar-refractivity contribution in [3.8, 4) is 0 Å². The lowest BCUT2D eigenvalue weighted by molar-refractivity contribution is 0.0761. The van der Waals surface area contributed by atoms with E-state index in [2.05, 4.69) is 5.32 Å². The van der Waals surface area contributed by atoms with E-state index in [9.17, 15) is 18.7 Å². The molecule has 0 bridgehead atoms. The standard InChI is InChI=1S/C15H20F2N2O2/c1-3-18-14-12(16)6-11(7-13(14)17)15(21)19-5-4-10(8-19)9(2)20/h6-7,9-10,18,20H,3-5,8H2,1-2H3. The number of aliphatic hydroxyl groups excluding tert-OH is 1. The normalized spacial score (nSPS) is 19.7. The number of benzene rings is 1. The van der Waals surface area contributed by atoms with Crippen LogP contribution >= 0.6 is 0 Å². The number of halogens is 2. The predicted octanol–water partition coefficient (Wildman–Crippen LogP) is 2.24. The third kappa shape index (κ3) is 3.32. The van der Waals surface area contributed by atoms with Crippen LogP contribution in [0.2, 0.25) is 0 Å². The second-order valence-electron chi connectivity index (χ2n) is 5.39. The van der Waals surface area contributed by atoms with Gasteiger partial charge < -0.3 is 15.3 Å². The highest BCUT2D eigenvalue weighted by Gasteiger charge is 2.30. The Morgan fingerprint density at radius 3 is 2.57 bits per heavy atom. The van der Waals surface area contributed by atoms with Gasteiger partial charge in [-0.1, -0.05) is 0 Å². The summed E-state index contributed by atoms with van der Waals surface area (Å²) in [6.07, 6.45) is 0.205. The summed E-state index contributed by atoms with van der Waals surface area (Å²) in [6.45, 7) is 4.71. The van der Waals surface area contributed by atoms with Crippen LogP contribution in [-0.2, 0) is 0 Å². The van der Waals surface area contributed by atoms with Gasteiger partial charge in [-0.3, -0.25) is 4.79 Å². The van der Waals surface area contributed by atoms with Crippen LogP contribution in [0.3, 0.4) is 0 Å². The Labute approximate surface area is 122 Å². The minimum absolute atomic E-state index is 0.00195. The Morgan fingerprint density at radius 1 is 1.48 bits per heavy atom. The van der Waals surface area contributed by atoms with E-state index in [0.29, 0.717) is 26.1 Å². The van der Waals surface area contributed by atoms with Crippen molar-refractivity contribution in [1.82, 2.24) is 4.90 Å². The molecule has 2 unspecified atom stereocenters. The largest absolute Gasteiger partial charge is 0.393 e. The predicted molar refractivity (Wildman–Crippen MR) is 76.2 cm³/mol. The summed E-state index contributed by atoms with van der Waals surface area (Å²) >= 11 is 0. The lowest BCUT2D eigenvalue weighted by Crippen LogP contribution is -2.30. The minimum Gasteiger partial charge on any atom is -0.393 e. The molecule has 1 amide bonds. The maximum atomic E-state index is 13.8. The maximum absolute atomic E-state index is 13.8. The second kappa shape index (κ2) is 6.39. The Bertz CT molecular complexity index is 511. The molecule has 21 heavy (non-hydrogen) atoms. The Morgan fingerprint density at radius 2 is 2.10 bits per heavy atom. The van der Waals surface area contributed by atoms with Crippen LogP contribution in [0.4, 0.5) is 14.5 Å². The molecule has 4 nitrogen and oxygen atoms in total. The molecule has 1 fully saturated rings. The van der Waals surface area contributed by atoms with Crippen molar-refractivity contribution in [3.63, 3.8) is 0 Å². The quantitative estimate of drug-likeness (QED) is 0.896. The fourth-order valence-corrected chi connectivity index (χ4v) is 2.59. The van der Waals surface area contributed by atoms with E-state index in [-0.39, 0.29) is 17.2 Å². The van der Waals surface area contributed by atoms with Crippen molar-refractivity contribution in [2.75, 3.05) is 25.0 Å². The van der Waals surface area contributed by atoms with Crippen molar-refractivity contribution < 1.29 is 18.7 Å². The molecular formula is C15H20F2N2O2. The number of hydrogen-bond acceptors (Lipinski definition) is 3. The number of amides is 1. The number of anilines is 1. The van der Waals surface area contributed by atoms with Gasteiger partial charge in [0.2, 0.25) is 0 Å². The highest BCUT2D eigenvalue weighted by molar-refractivity contribution is 5.94. The first-order chi connectivity index (χ1) is 9.93. The number of carbonyl (C=O) groups excluding carboxylic acids is 1. The van der Waals surface area contributed by atoms with Crippen LogP contribution in [0.15, 0.2) is 12.1 Å². The molecule has 0 spiro atoms. The van der Waals surface area contributed by atoms with E-state index < -0.39 is 23.6 Å². The van der Waals surface area contributed by atoms with Gasteiger partial charge >= 0.3 is 0 Å². The summed E-state index contributed by atoms with van der Waals surface area (Å²) in [4.78, 5) is 13.8. The van der Waals surface area contributed by atoms with Crippen molar-refractivity contribution in [2.45, 2.75) is 26.4 Å². The highest BCUT2D eigenvalue weighted by atomic mass is 19.1. The van der Waals surface area contributed by atoms with Gasteiger partial charge in [0.25, 0.3) is 5.91 Å². The van der Waals surface area contributed by atoms with E-state index in [1.54, 1.807) is 13.8 Å². The van der Waals surface area contributed by atoms with Crippen LogP contribution in [0.25, 0.3) is 0 Å². The summed E-state index contributed by atoms with van der Waals surface area (Å²) in [5.41, 5.74) is -0.213. The number of nitrogens with one attached hydrogen (secondary N) is 1. The molecule has 1 aliphatic heterocycles. The van der Waals surface area contributed by atoms with E-state index in [1.807, 2.05) is 0 Å². The number of rotatable bonds is 4. The van der Waals surface area contributed by atoms with E-state index >= 15 is 0 Å². The summed E-state index contributed by atoms with van der Waals surface area (Å²) in [6, 6.07) is 2.11. The molecule has 1 saturated heterocycles. The summed E-state index contributed by atoms with van der Waals surface area (Å²) in [7, 11) is 0. The van der Waals surface area contributed by atoms with E-state index in [4.69, 9.17) is 0 Å². The van der Waals surface area contributed by atoms with Gasteiger partial charge in [-0.05, 0) is 32.4 Å². The topological polar surface area (TPSA) is 52.6 Å². The number of hydrogen-bond donors (Lipinski definition) is 2. The molecule has 2 rings (SSSR count). The smallest absolute Gasteiger partial charge is 0.254 e. The fraction of sp³-hybridized carbons (Fsp3) is 0.533. The van der Waals surface area contributed by atoms with Crippen LogP contribution in [0.1, 0.15) is 30.6 Å². The number of carbonyl (C=O) groups is 1. The molecule has 0 radical (unpaired) electrons. The van der Waals surface area contributed by atoms with Gasteiger partial charge in [-0.2, -0.15) is 0 Å². The zero-order valence-electron chi connectivity index (χ0n) is 12.2. The zero-order chi connectivity index (χ0) is 15.6. The molecule has 2 N–H and O–H groups in total. The van der Waals surface area contributed by atoms with Gasteiger partial charge in [-0.25, -0.2) is 8.78 Å². The Kier molecular flexibility index (Phi) is 4.77. The van der Waals surface area contributed by atoms with Crippen LogP contribution < -0.4 is 5.32 Å². The molecule has 0 saturated carbocycles. The molecule has 6 heteroatoms. The first-order valence-electron chi connectivity index (χ1n) is 7.14.